The largest absolute Gasteiger partial charge is 0.398 e. The third-order valence-electron chi connectivity index (χ3n) is 2.91. The van der Waals surface area contributed by atoms with E-state index >= 15 is 0 Å². The second kappa shape index (κ2) is 6.04. The third kappa shape index (κ3) is 3.58. The zero-order valence-electron chi connectivity index (χ0n) is 10.9. The first-order chi connectivity index (χ1) is 9.16. The van der Waals surface area contributed by atoms with Gasteiger partial charge in [-0.3, -0.25) is 4.79 Å². The summed E-state index contributed by atoms with van der Waals surface area (Å²) in [6.07, 6.45) is 5.46. The summed E-state index contributed by atoms with van der Waals surface area (Å²) < 4.78 is 0. The van der Waals surface area contributed by atoms with Crippen LogP contribution in [0.4, 0.5) is 11.4 Å². The molecule has 0 saturated carbocycles. The molecule has 0 fully saturated rings. The van der Waals surface area contributed by atoms with Crippen LogP contribution in [-0.4, -0.2) is 22.3 Å². The van der Waals surface area contributed by atoms with Gasteiger partial charge in [-0.15, -0.1) is 0 Å². The summed E-state index contributed by atoms with van der Waals surface area (Å²) in [5.74, 6) is 0.982. The van der Waals surface area contributed by atoms with Crippen LogP contribution in [0.1, 0.15) is 29.5 Å². The van der Waals surface area contributed by atoms with Crippen LogP contribution in [0.25, 0.3) is 0 Å². The fourth-order valence-corrected chi connectivity index (χ4v) is 1.92. The maximum absolute atomic E-state index is 11.3. The highest BCUT2D eigenvalue weighted by Gasteiger charge is 2.04. The van der Waals surface area contributed by atoms with E-state index in [0.29, 0.717) is 11.3 Å². The summed E-state index contributed by atoms with van der Waals surface area (Å²) in [5, 5.41) is 3.28. The molecule has 0 unspecified atom stereocenters. The van der Waals surface area contributed by atoms with Gasteiger partial charge < -0.3 is 16.0 Å². The van der Waals surface area contributed by atoms with Gasteiger partial charge in [-0.05, 0) is 31.5 Å². The van der Waals surface area contributed by atoms with Crippen molar-refractivity contribution >= 4 is 17.2 Å². The molecule has 4 N–H and O–H groups in total. The summed E-state index contributed by atoms with van der Waals surface area (Å²) in [6, 6.07) is 5.43. The van der Waals surface area contributed by atoms with E-state index in [2.05, 4.69) is 15.3 Å². The highest BCUT2D eigenvalue weighted by molar-refractivity contribution is 5.99. The fraction of sp³-hybridized carbons (Fsp3) is 0.286. The lowest BCUT2D eigenvalue weighted by molar-refractivity contribution is 0.101. The normalized spacial score (nSPS) is 10.4. The predicted molar refractivity (Wildman–Crippen MR) is 76.3 cm³/mol. The molecule has 0 saturated heterocycles. The van der Waals surface area contributed by atoms with Gasteiger partial charge in [0.2, 0.25) is 0 Å². The Labute approximate surface area is 112 Å². The van der Waals surface area contributed by atoms with Gasteiger partial charge in [-0.1, -0.05) is 0 Å². The van der Waals surface area contributed by atoms with E-state index in [1.807, 2.05) is 12.3 Å². The van der Waals surface area contributed by atoms with Crippen molar-refractivity contribution in [1.82, 2.24) is 9.97 Å². The van der Waals surface area contributed by atoms with Gasteiger partial charge in [0, 0.05) is 42.3 Å². The lowest BCUT2D eigenvalue weighted by Crippen LogP contribution is -2.05. The number of Topliss-reactive ketones (excluding diaryl/α,β-unsaturated/α-hetero) is 1. The molecule has 0 atom stereocenters. The number of rotatable bonds is 6. The molecule has 0 radical (unpaired) electrons. The molecule has 19 heavy (non-hydrogen) atoms. The van der Waals surface area contributed by atoms with Crippen LogP contribution >= 0.6 is 0 Å². The number of aromatic nitrogens is 2. The first-order valence-corrected chi connectivity index (χ1v) is 6.29. The quantitative estimate of drug-likeness (QED) is 0.421. The summed E-state index contributed by atoms with van der Waals surface area (Å²) in [5.41, 5.74) is 7.85. The average Bonchev–Trinajstić information content (AvgIpc) is 2.87. The van der Waals surface area contributed by atoms with Crippen LogP contribution in [0.2, 0.25) is 0 Å². The number of carbonyl (C=O) groups is 1. The molecule has 1 heterocycles. The number of hydrogen-bond acceptors (Lipinski definition) is 4. The van der Waals surface area contributed by atoms with E-state index in [-0.39, 0.29) is 5.78 Å². The standard InChI is InChI=1S/C14H18N4O/c1-10(19)12-5-4-11(9-13(12)15)16-6-2-3-14-17-7-8-18-14/h4-5,7-9,16H,2-3,6,15H2,1H3,(H,17,18). The Hall–Kier alpha value is -2.30. The summed E-state index contributed by atoms with van der Waals surface area (Å²) in [7, 11) is 0. The molecule has 2 rings (SSSR count). The number of ketones is 1. The number of nitrogens with two attached hydrogens (primary N) is 1. The lowest BCUT2D eigenvalue weighted by atomic mass is 10.1. The number of nitrogens with one attached hydrogen (secondary N) is 2. The summed E-state index contributed by atoms with van der Waals surface area (Å²) in [6.45, 7) is 2.35. The number of H-pyrrole nitrogens is 1. The van der Waals surface area contributed by atoms with Crippen molar-refractivity contribution in [2.24, 2.45) is 0 Å². The van der Waals surface area contributed by atoms with Crippen molar-refractivity contribution < 1.29 is 4.79 Å². The minimum absolute atomic E-state index is 0.0122. The fourth-order valence-electron chi connectivity index (χ4n) is 1.92. The van der Waals surface area contributed by atoms with Crippen molar-refractivity contribution in [3.8, 4) is 0 Å². The SMILES string of the molecule is CC(=O)c1ccc(NCCCc2ncc[nH]2)cc1N. The van der Waals surface area contributed by atoms with E-state index in [1.54, 1.807) is 18.3 Å². The lowest BCUT2D eigenvalue weighted by Gasteiger charge is -2.08. The molecule has 0 aliphatic carbocycles. The number of anilines is 2. The Balaban J connectivity index is 1.83. The highest BCUT2D eigenvalue weighted by Crippen LogP contribution is 2.18. The number of nitrogen functional groups attached to an aromatic ring is 1. The molecule has 0 amide bonds. The molecule has 1 aromatic carbocycles. The van der Waals surface area contributed by atoms with Crippen molar-refractivity contribution in [1.29, 1.82) is 0 Å². The number of hydrogen-bond donors (Lipinski definition) is 3. The molecule has 100 valence electrons. The van der Waals surface area contributed by atoms with Gasteiger partial charge in [0.05, 0.1) is 0 Å². The van der Waals surface area contributed by atoms with Gasteiger partial charge in [0.25, 0.3) is 0 Å². The predicted octanol–water partition coefficient (Wildman–Crippen LogP) is 2.24. The molecule has 0 aliphatic rings. The molecule has 0 aliphatic heterocycles. The van der Waals surface area contributed by atoms with Crippen molar-refractivity contribution in [3.63, 3.8) is 0 Å². The molecular formula is C14H18N4O. The average molecular weight is 258 g/mol. The summed E-state index contributed by atoms with van der Waals surface area (Å²) >= 11 is 0. The van der Waals surface area contributed by atoms with Crippen LogP contribution in [0.15, 0.2) is 30.6 Å². The van der Waals surface area contributed by atoms with Crippen LogP contribution in [0.5, 0.6) is 0 Å². The van der Waals surface area contributed by atoms with Crippen molar-refractivity contribution in [2.75, 3.05) is 17.6 Å². The van der Waals surface area contributed by atoms with E-state index in [0.717, 1.165) is 30.9 Å². The van der Waals surface area contributed by atoms with Gasteiger partial charge in [0.1, 0.15) is 5.82 Å². The van der Waals surface area contributed by atoms with Gasteiger partial charge in [-0.25, -0.2) is 4.98 Å². The Bertz CT molecular complexity index is 549. The number of aromatic amines is 1. The Morgan fingerprint density at radius 3 is 2.95 bits per heavy atom. The smallest absolute Gasteiger partial charge is 0.161 e. The maximum Gasteiger partial charge on any atom is 0.161 e. The van der Waals surface area contributed by atoms with Crippen LogP contribution in [-0.2, 0) is 6.42 Å². The number of nitrogens with zero attached hydrogens (tertiary/aromatic N) is 1. The molecule has 5 nitrogen and oxygen atoms in total. The third-order valence-corrected chi connectivity index (χ3v) is 2.91. The molecule has 2 aromatic rings. The topological polar surface area (TPSA) is 83.8 Å². The number of imidazole rings is 1. The summed E-state index contributed by atoms with van der Waals surface area (Å²) in [4.78, 5) is 18.5. The van der Waals surface area contributed by atoms with E-state index < -0.39 is 0 Å². The maximum atomic E-state index is 11.3. The molecule has 1 aromatic heterocycles. The zero-order chi connectivity index (χ0) is 13.7. The second-order valence-corrected chi connectivity index (χ2v) is 4.42. The minimum Gasteiger partial charge on any atom is -0.398 e. The number of benzene rings is 1. The van der Waals surface area contributed by atoms with E-state index in [9.17, 15) is 4.79 Å². The van der Waals surface area contributed by atoms with Gasteiger partial charge in [-0.2, -0.15) is 0 Å². The first kappa shape index (κ1) is 13.1. The van der Waals surface area contributed by atoms with Gasteiger partial charge >= 0.3 is 0 Å². The first-order valence-electron chi connectivity index (χ1n) is 6.29. The minimum atomic E-state index is -0.0122. The second-order valence-electron chi connectivity index (χ2n) is 4.42. The van der Waals surface area contributed by atoms with Gasteiger partial charge in [0.15, 0.2) is 5.78 Å². The number of carbonyl (C=O) groups excluding carboxylic acids is 1. The van der Waals surface area contributed by atoms with Crippen molar-refractivity contribution in [3.05, 3.63) is 42.0 Å². The molecule has 5 heteroatoms. The highest BCUT2D eigenvalue weighted by atomic mass is 16.1. The van der Waals surface area contributed by atoms with Crippen LogP contribution in [0, 0.1) is 0 Å². The monoisotopic (exact) mass is 258 g/mol. The van der Waals surface area contributed by atoms with E-state index in [4.69, 9.17) is 5.73 Å². The van der Waals surface area contributed by atoms with Crippen LogP contribution in [0.3, 0.4) is 0 Å². The Morgan fingerprint density at radius 2 is 2.32 bits per heavy atom. The Kier molecular flexibility index (Phi) is 4.18. The van der Waals surface area contributed by atoms with Crippen LogP contribution < -0.4 is 11.1 Å². The molecular weight excluding hydrogens is 240 g/mol. The molecule has 0 bridgehead atoms. The molecule has 0 spiro atoms. The number of aryl methyl sites for hydroxylation is 1. The Morgan fingerprint density at radius 1 is 1.47 bits per heavy atom. The van der Waals surface area contributed by atoms with Crippen molar-refractivity contribution in [2.45, 2.75) is 19.8 Å². The van der Waals surface area contributed by atoms with E-state index in [1.165, 1.54) is 6.92 Å². The zero-order valence-corrected chi connectivity index (χ0v) is 10.9.